The van der Waals surface area contributed by atoms with Crippen molar-refractivity contribution in [1.29, 1.82) is 0 Å². The molecule has 0 aromatic heterocycles. The van der Waals surface area contributed by atoms with E-state index in [4.69, 9.17) is 0 Å². The molecule has 2 N–H and O–H groups in total. The molecule has 0 atom stereocenters. The van der Waals surface area contributed by atoms with Crippen LogP contribution in [0.5, 0.6) is 0 Å². The van der Waals surface area contributed by atoms with Gasteiger partial charge in [0.15, 0.2) is 0 Å². The summed E-state index contributed by atoms with van der Waals surface area (Å²) in [4.78, 5) is 18.6. The lowest BCUT2D eigenvalue weighted by Crippen LogP contribution is -2.49. The van der Waals surface area contributed by atoms with Crippen LogP contribution in [0.2, 0.25) is 0 Å². The second-order valence-corrected chi connectivity index (χ2v) is 6.91. The van der Waals surface area contributed by atoms with Crippen molar-refractivity contribution in [3.63, 3.8) is 0 Å². The number of benzene rings is 2. The number of hydrogen-bond donors (Lipinski definition) is 2. The first-order chi connectivity index (χ1) is 12.8. The average Bonchev–Trinajstić information content (AvgIpc) is 3.22. The van der Waals surface area contributed by atoms with E-state index in [2.05, 4.69) is 63.0 Å². The van der Waals surface area contributed by atoms with Crippen molar-refractivity contribution < 1.29 is 4.79 Å². The van der Waals surface area contributed by atoms with Gasteiger partial charge in [0, 0.05) is 26.2 Å². The summed E-state index contributed by atoms with van der Waals surface area (Å²) in [6, 6.07) is 14.9. The van der Waals surface area contributed by atoms with Crippen LogP contribution in [-0.4, -0.2) is 42.9 Å². The quantitative estimate of drug-likeness (QED) is 0.636. The van der Waals surface area contributed by atoms with E-state index < -0.39 is 0 Å². The molecule has 1 fully saturated rings. The molecule has 2 aromatic rings. The average molecular weight is 381 g/mol. The van der Waals surface area contributed by atoms with E-state index in [9.17, 15) is 4.79 Å². The number of amides is 1. The molecule has 0 saturated carbocycles. The molecule has 5 rings (SSSR count). The first kappa shape index (κ1) is 17.8. The maximum absolute atomic E-state index is 12.3. The van der Waals surface area contributed by atoms with Crippen molar-refractivity contribution in [3.05, 3.63) is 64.9 Å². The smallest absolute Gasteiger partial charge is 0.296 e. The van der Waals surface area contributed by atoms with E-state index in [1.54, 1.807) is 0 Å². The van der Waals surface area contributed by atoms with Crippen molar-refractivity contribution in [2.75, 3.05) is 26.2 Å². The topological polar surface area (TPSA) is 56.7 Å². The van der Waals surface area contributed by atoms with Gasteiger partial charge in [-0.2, -0.15) is 4.99 Å². The third-order valence-electron chi connectivity index (χ3n) is 5.23. The molecule has 1 saturated heterocycles. The van der Waals surface area contributed by atoms with Gasteiger partial charge in [-0.05, 0) is 40.3 Å². The first-order valence-corrected chi connectivity index (χ1v) is 9.06. The highest BCUT2D eigenvalue weighted by atomic mass is 35.5. The molecule has 2 aliphatic heterocycles. The molecule has 0 unspecified atom stereocenters. The highest BCUT2D eigenvalue weighted by Gasteiger charge is 2.25. The number of guanidine groups is 1. The molecule has 0 bridgehead atoms. The number of hydrogen-bond acceptors (Lipinski definition) is 4. The second-order valence-electron chi connectivity index (χ2n) is 6.91. The maximum atomic E-state index is 12.3. The van der Waals surface area contributed by atoms with Crippen LogP contribution < -0.4 is 10.6 Å². The minimum absolute atomic E-state index is 0. The number of rotatable bonds is 1. The molecule has 3 aliphatic rings. The lowest BCUT2D eigenvalue weighted by Gasteiger charge is -2.28. The molecule has 27 heavy (non-hydrogen) atoms. The van der Waals surface area contributed by atoms with Crippen LogP contribution in [0.1, 0.15) is 16.7 Å². The van der Waals surface area contributed by atoms with Crippen LogP contribution in [0.25, 0.3) is 17.2 Å². The molecule has 138 valence electrons. The molecule has 5 nitrogen and oxygen atoms in total. The summed E-state index contributed by atoms with van der Waals surface area (Å²) in [7, 11) is 0. The number of aliphatic imine (C=N–C) groups is 1. The maximum Gasteiger partial charge on any atom is 0.296 e. The van der Waals surface area contributed by atoms with Crippen LogP contribution in [0.4, 0.5) is 0 Å². The highest BCUT2D eigenvalue weighted by Crippen LogP contribution is 2.37. The summed E-state index contributed by atoms with van der Waals surface area (Å²) in [5.74, 6) is 0.485. The number of nitrogens with one attached hydrogen (secondary N) is 2. The number of fused-ring (bicyclic) bond motifs is 3. The number of piperazine rings is 1. The monoisotopic (exact) mass is 380 g/mol. The summed E-state index contributed by atoms with van der Waals surface area (Å²) in [5, 5.41) is 6.51. The van der Waals surface area contributed by atoms with Crippen molar-refractivity contribution in [2.24, 2.45) is 4.99 Å². The van der Waals surface area contributed by atoms with Gasteiger partial charge in [-0.15, -0.1) is 12.4 Å². The Morgan fingerprint density at radius 3 is 2.63 bits per heavy atom. The van der Waals surface area contributed by atoms with Crippen LogP contribution >= 0.6 is 12.4 Å². The van der Waals surface area contributed by atoms with E-state index in [1.807, 2.05) is 6.08 Å². The lowest BCUT2D eigenvalue weighted by atomic mass is 10.0. The molecule has 0 radical (unpaired) electrons. The molecule has 2 aromatic carbocycles. The van der Waals surface area contributed by atoms with E-state index >= 15 is 0 Å². The zero-order valence-electron chi connectivity index (χ0n) is 14.9. The lowest BCUT2D eigenvalue weighted by molar-refractivity contribution is -0.114. The van der Waals surface area contributed by atoms with Gasteiger partial charge in [-0.3, -0.25) is 4.79 Å². The SMILES string of the molecule is Cl.O=C1N=C(N2CCNCC2)N/C1=C\c1ccc2c(c1)Cc1ccccc1-2. The van der Waals surface area contributed by atoms with Gasteiger partial charge in [0.25, 0.3) is 5.91 Å². The van der Waals surface area contributed by atoms with E-state index in [1.165, 1.54) is 22.3 Å². The Hall–Kier alpha value is -2.63. The number of carbonyl (C=O) groups excluding carboxylic acids is 1. The summed E-state index contributed by atoms with van der Waals surface area (Å²) < 4.78 is 0. The molecular formula is C21H21ClN4O. The third-order valence-corrected chi connectivity index (χ3v) is 5.23. The van der Waals surface area contributed by atoms with Gasteiger partial charge >= 0.3 is 0 Å². The predicted molar refractivity (Wildman–Crippen MR) is 110 cm³/mol. The Morgan fingerprint density at radius 2 is 1.78 bits per heavy atom. The van der Waals surface area contributed by atoms with Crippen LogP contribution in [0, 0.1) is 0 Å². The summed E-state index contributed by atoms with van der Waals surface area (Å²) >= 11 is 0. The molecule has 0 spiro atoms. The van der Waals surface area contributed by atoms with Crippen molar-refractivity contribution in [3.8, 4) is 11.1 Å². The summed E-state index contributed by atoms with van der Waals surface area (Å²) in [6.45, 7) is 3.56. The van der Waals surface area contributed by atoms with Crippen molar-refractivity contribution in [1.82, 2.24) is 15.5 Å². The number of nitrogens with zero attached hydrogens (tertiary/aromatic N) is 2. The fourth-order valence-electron chi connectivity index (χ4n) is 3.90. The second kappa shape index (κ2) is 7.18. The zero-order chi connectivity index (χ0) is 17.5. The van der Waals surface area contributed by atoms with Gasteiger partial charge in [0.1, 0.15) is 5.70 Å². The number of carbonyl (C=O) groups is 1. The zero-order valence-corrected chi connectivity index (χ0v) is 15.7. The molecule has 2 heterocycles. The van der Waals surface area contributed by atoms with Crippen LogP contribution in [-0.2, 0) is 11.2 Å². The molecule has 1 amide bonds. The fraction of sp³-hybridized carbons (Fsp3) is 0.238. The fourth-order valence-corrected chi connectivity index (χ4v) is 3.90. The summed E-state index contributed by atoms with van der Waals surface area (Å²) in [5.41, 5.74) is 6.88. The molecule has 6 heteroatoms. The Bertz CT molecular complexity index is 960. The standard InChI is InChI=1S/C21H20N4O.ClH/c26-20-19(23-21(24-20)25-9-7-22-8-10-25)12-14-5-6-18-16(11-14)13-15-3-1-2-4-17(15)18;/h1-6,11-12,22H,7-10,13H2,(H,23,24,26);1H/b19-12-;. The van der Waals surface area contributed by atoms with E-state index in [0.29, 0.717) is 11.7 Å². The van der Waals surface area contributed by atoms with Gasteiger partial charge in [-0.1, -0.05) is 42.5 Å². The van der Waals surface area contributed by atoms with Crippen LogP contribution in [0.15, 0.2) is 53.2 Å². The molecular weight excluding hydrogens is 360 g/mol. The minimum atomic E-state index is -0.192. The Kier molecular flexibility index (Phi) is 4.72. The Morgan fingerprint density at radius 1 is 1.00 bits per heavy atom. The summed E-state index contributed by atoms with van der Waals surface area (Å²) in [6.07, 6.45) is 2.86. The van der Waals surface area contributed by atoms with Gasteiger partial charge in [-0.25, -0.2) is 0 Å². The van der Waals surface area contributed by atoms with Gasteiger partial charge in [0.2, 0.25) is 5.96 Å². The predicted octanol–water partition coefficient (Wildman–Crippen LogP) is 2.41. The van der Waals surface area contributed by atoms with E-state index in [0.717, 1.165) is 38.2 Å². The van der Waals surface area contributed by atoms with Crippen molar-refractivity contribution >= 4 is 30.3 Å². The van der Waals surface area contributed by atoms with Gasteiger partial charge < -0.3 is 15.5 Å². The largest absolute Gasteiger partial charge is 0.340 e. The Labute approximate surface area is 164 Å². The van der Waals surface area contributed by atoms with Crippen LogP contribution in [0.3, 0.4) is 0 Å². The van der Waals surface area contributed by atoms with Gasteiger partial charge in [0.05, 0.1) is 0 Å². The minimum Gasteiger partial charge on any atom is -0.340 e. The van der Waals surface area contributed by atoms with E-state index in [-0.39, 0.29) is 18.3 Å². The third kappa shape index (κ3) is 3.24. The number of halogens is 1. The first-order valence-electron chi connectivity index (χ1n) is 9.06. The highest BCUT2D eigenvalue weighted by molar-refractivity contribution is 6.12. The Balaban J connectivity index is 0.00000180. The normalized spacial score (nSPS) is 19.3. The molecule has 1 aliphatic carbocycles. The van der Waals surface area contributed by atoms with Crippen molar-refractivity contribution in [2.45, 2.75) is 6.42 Å².